The van der Waals surface area contributed by atoms with Crippen LogP contribution in [0, 0.1) is 0 Å². The van der Waals surface area contributed by atoms with Gasteiger partial charge < -0.3 is 9.16 Å². The first kappa shape index (κ1) is 9.73. The maximum absolute atomic E-state index is 10.6. The van der Waals surface area contributed by atoms with Crippen LogP contribution in [-0.2, 0) is 14.0 Å². The molecule has 0 saturated carbocycles. The second kappa shape index (κ2) is 3.58. The molecule has 0 aromatic carbocycles. The monoisotopic (exact) mass is 188 g/mol. The van der Waals surface area contributed by atoms with Crippen LogP contribution < -0.4 is 0 Å². The molecular formula is C8H16O3Si. The summed E-state index contributed by atoms with van der Waals surface area (Å²) in [6, 6.07) is 1.17. The summed E-state index contributed by atoms with van der Waals surface area (Å²) in [7, 11) is -1.50. The molecule has 3 nitrogen and oxygen atoms in total. The quantitative estimate of drug-likeness (QED) is 0.465. The molecule has 0 aromatic rings. The summed E-state index contributed by atoms with van der Waals surface area (Å²) in [6.45, 7) is 5.73. The molecule has 4 heteroatoms. The first-order chi connectivity index (χ1) is 5.49. The van der Waals surface area contributed by atoms with E-state index in [1.807, 2.05) is 0 Å². The Labute approximate surface area is 74.2 Å². The second-order valence-electron chi connectivity index (χ2n) is 3.81. The average molecular weight is 188 g/mol. The molecule has 0 radical (unpaired) electrons. The van der Waals surface area contributed by atoms with Crippen LogP contribution in [0.2, 0.25) is 19.1 Å². The minimum Gasteiger partial charge on any atom is -0.437 e. The number of hydrogen-bond donors (Lipinski definition) is 0. The third-order valence-corrected chi connectivity index (χ3v) is 4.43. The fourth-order valence-corrected chi connectivity index (χ4v) is 3.49. The van der Waals surface area contributed by atoms with Gasteiger partial charge in [0.1, 0.15) is 0 Å². The van der Waals surface area contributed by atoms with Crippen molar-refractivity contribution in [2.75, 3.05) is 0 Å². The number of esters is 1. The molecule has 0 spiro atoms. The van der Waals surface area contributed by atoms with Gasteiger partial charge in [0.15, 0.2) is 14.6 Å². The van der Waals surface area contributed by atoms with Crippen molar-refractivity contribution in [1.29, 1.82) is 0 Å². The van der Waals surface area contributed by atoms with Crippen LogP contribution in [0.4, 0.5) is 0 Å². The van der Waals surface area contributed by atoms with Crippen LogP contribution in [-0.4, -0.2) is 20.6 Å². The number of carbonyl (C=O) groups is 1. The summed E-state index contributed by atoms with van der Waals surface area (Å²) in [5.74, 6) is -0.244. The van der Waals surface area contributed by atoms with Crippen molar-refractivity contribution in [1.82, 2.24) is 0 Å². The van der Waals surface area contributed by atoms with Crippen molar-refractivity contribution in [3.63, 3.8) is 0 Å². The van der Waals surface area contributed by atoms with Gasteiger partial charge in [-0.25, -0.2) is 0 Å². The smallest absolute Gasteiger partial charge is 0.304 e. The van der Waals surface area contributed by atoms with Crippen molar-refractivity contribution in [2.45, 2.75) is 45.2 Å². The topological polar surface area (TPSA) is 35.5 Å². The van der Waals surface area contributed by atoms with Gasteiger partial charge in [0.2, 0.25) is 0 Å². The highest BCUT2D eigenvalue weighted by Crippen LogP contribution is 2.26. The lowest BCUT2D eigenvalue weighted by molar-refractivity contribution is -0.164. The third-order valence-electron chi connectivity index (χ3n) is 1.97. The summed E-state index contributed by atoms with van der Waals surface area (Å²) in [4.78, 5) is 10.6. The van der Waals surface area contributed by atoms with Gasteiger partial charge in [-0.05, 0) is 25.6 Å². The second-order valence-corrected chi connectivity index (χ2v) is 8.06. The van der Waals surface area contributed by atoms with E-state index in [4.69, 9.17) is 9.16 Å². The third kappa shape index (κ3) is 2.95. The average Bonchev–Trinajstić information content (AvgIpc) is 1.82. The Bertz CT molecular complexity index is 179. The van der Waals surface area contributed by atoms with Crippen LogP contribution in [0.5, 0.6) is 0 Å². The molecule has 0 N–H and O–H groups in total. The SMILES string of the molecule is CC(=O)OC1CCC[Si](C)(C)O1. The molecule has 0 amide bonds. The zero-order valence-corrected chi connectivity index (χ0v) is 8.92. The Hall–Kier alpha value is -0.353. The molecule has 70 valence electrons. The minimum atomic E-state index is -1.50. The summed E-state index contributed by atoms with van der Waals surface area (Å²) >= 11 is 0. The van der Waals surface area contributed by atoms with E-state index in [9.17, 15) is 4.79 Å². The fraction of sp³-hybridized carbons (Fsp3) is 0.875. The molecule has 1 aliphatic rings. The number of rotatable bonds is 1. The highest BCUT2D eigenvalue weighted by Gasteiger charge is 2.32. The molecule has 1 heterocycles. The predicted octanol–water partition coefficient (Wildman–Crippen LogP) is 1.89. The molecule has 0 aliphatic carbocycles. The normalized spacial score (nSPS) is 28.1. The van der Waals surface area contributed by atoms with E-state index in [2.05, 4.69) is 13.1 Å². The predicted molar refractivity (Wildman–Crippen MR) is 48.2 cm³/mol. The van der Waals surface area contributed by atoms with Crippen molar-refractivity contribution in [2.24, 2.45) is 0 Å². The highest BCUT2D eigenvalue weighted by molar-refractivity contribution is 6.71. The maximum atomic E-state index is 10.6. The summed E-state index contributed by atoms with van der Waals surface area (Å²) in [6.07, 6.45) is 1.71. The fourth-order valence-electron chi connectivity index (χ4n) is 1.44. The lowest BCUT2D eigenvalue weighted by atomic mass is 10.3. The van der Waals surface area contributed by atoms with Gasteiger partial charge in [0.25, 0.3) is 0 Å². The Kier molecular flexibility index (Phi) is 2.90. The Morgan fingerprint density at radius 1 is 1.58 bits per heavy atom. The van der Waals surface area contributed by atoms with Gasteiger partial charge in [0.05, 0.1) is 0 Å². The van der Waals surface area contributed by atoms with Crippen molar-refractivity contribution in [3.05, 3.63) is 0 Å². The van der Waals surface area contributed by atoms with Gasteiger partial charge in [-0.1, -0.05) is 0 Å². The number of carbonyl (C=O) groups excluding carboxylic acids is 1. The maximum Gasteiger partial charge on any atom is 0.304 e. The van der Waals surface area contributed by atoms with E-state index in [1.165, 1.54) is 13.0 Å². The number of ether oxygens (including phenoxy) is 1. The van der Waals surface area contributed by atoms with Gasteiger partial charge >= 0.3 is 5.97 Å². The van der Waals surface area contributed by atoms with E-state index in [0.717, 1.165) is 12.8 Å². The number of hydrogen-bond acceptors (Lipinski definition) is 3. The van der Waals surface area contributed by atoms with Crippen LogP contribution in [0.3, 0.4) is 0 Å². The standard InChI is InChI=1S/C8H16O3Si/c1-7(9)10-8-5-4-6-12(2,3)11-8/h8H,4-6H2,1-3H3. The van der Waals surface area contributed by atoms with E-state index < -0.39 is 8.32 Å². The summed E-state index contributed by atoms with van der Waals surface area (Å²) in [5, 5.41) is 0. The molecule has 0 aromatic heterocycles. The van der Waals surface area contributed by atoms with Crippen molar-refractivity contribution >= 4 is 14.3 Å². The van der Waals surface area contributed by atoms with Crippen LogP contribution >= 0.6 is 0 Å². The van der Waals surface area contributed by atoms with Gasteiger partial charge in [0, 0.05) is 13.3 Å². The van der Waals surface area contributed by atoms with E-state index in [-0.39, 0.29) is 12.3 Å². The lowest BCUT2D eigenvalue weighted by Crippen LogP contribution is -2.41. The molecule has 1 rings (SSSR count). The Morgan fingerprint density at radius 2 is 2.25 bits per heavy atom. The van der Waals surface area contributed by atoms with Crippen molar-refractivity contribution in [3.8, 4) is 0 Å². The Morgan fingerprint density at radius 3 is 2.75 bits per heavy atom. The minimum absolute atomic E-state index is 0.244. The van der Waals surface area contributed by atoms with Gasteiger partial charge in [-0.3, -0.25) is 4.79 Å². The van der Waals surface area contributed by atoms with Gasteiger partial charge in [-0.2, -0.15) is 0 Å². The van der Waals surface area contributed by atoms with E-state index in [1.54, 1.807) is 0 Å². The van der Waals surface area contributed by atoms with Crippen LogP contribution in [0.25, 0.3) is 0 Å². The molecular weight excluding hydrogens is 172 g/mol. The molecule has 1 atom stereocenters. The van der Waals surface area contributed by atoms with Crippen molar-refractivity contribution < 1.29 is 14.0 Å². The van der Waals surface area contributed by atoms with Crippen LogP contribution in [0.15, 0.2) is 0 Å². The first-order valence-corrected chi connectivity index (χ1v) is 7.46. The van der Waals surface area contributed by atoms with E-state index >= 15 is 0 Å². The zero-order valence-electron chi connectivity index (χ0n) is 7.92. The largest absolute Gasteiger partial charge is 0.437 e. The lowest BCUT2D eigenvalue weighted by Gasteiger charge is -2.33. The Balaban J connectivity index is 2.41. The molecule has 12 heavy (non-hydrogen) atoms. The molecule has 1 saturated heterocycles. The summed E-state index contributed by atoms with van der Waals surface area (Å²) in [5.41, 5.74) is 0. The van der Waals surface area contributed by atoms with E-state index in [0.29, 0.717) is 0 Å². The molecule has 1 aliphatic heterocycles. The zero-order chi connectivity index (χ0) is 9.19. The van der Waals surface area contributed by atoms with Crippen LogP contribution in [0.1, 0.15) is 19.8 Å². The highest BCUT2D eigenvalue weighted by atomic mass is 28.4. The summed E-state index contributed by atoms with van der Waals surface area (Å²) < 4.78 is 10.7. The molecule has 1 fully saturated rings. The molecule has 1 unspecified atom stereocenters. The van der Waals surface area contributed by atoms with Gasteiger partial charge in [-0.15, -0.1) is 0 Å². The molecule has 0 bridgehead atoms. The first-order valence-electron chi connectivity index (χ1n) is 4.35.